The normalized spacial score (nSPS) is 13.9. The minimum Gasteiger partial charge on any atom is -0.382 e. The number of amides is 1. The lowest BCUT2D eigenvalue weighted by atomic mass is 10.3. The van der Waals surface area contributed by atoms with E-state index in [9.17, 15) is 21.6 Å². The molecule has 1 unspecified atom stereocenters. The number of hydrogen-bond donors (Lipinski definition) is 4. The second-order valence-electron chi connectivity index (χ2n) is 3.79. The van der Waals surface area contributed by atoms with Crippen molar-refractivity contribution in [2.24, 2.45) is 10.9 Å². The van der Waals surface area contributed by atoms with Gasteiger partial charge in [-0.2, -0.15) is 0 Å². The first-order valence-electron chi connectivity index (χ1n) is 5.14. The Morgan fingerprint density at radius 2 is 1.80 bits per heavy atom. The average molecular weight is 323 g/mol. The highest BCUT2D eigenvalue weighted by atomic mass is 32.2. The molecule has 11 heteroatoms. The molecule has 0 saturated carbocycles. The Balaban J connectivity index is 3.02. The molecule has 0 aromatic heterocycles. The van der Waals surface area contributed by atoms with E-state index in [1.54, 1.807) is 0 Å². The van der Waals surface area contributed by atoms with Gasteiger partial charge in [0.2, 0.25) is 26.0 Å². The first-order valence-corrected chi connectivity index (χ1v) is 8.17. The summed E-state index contributed by atoms with van der Waals surface area (Å²) >= 11 is 0. The van der Waals surface area contributed by atoms with Crippen LogP contribution in [0.2, 0.25) is 0 Å². The third kappa shape index (κ3) is 4.25. The summed E-state index contributed by atoms with van der Waals surface area (Å²) in [6, 6.07) is 4.31. The Bertz CT molecular complexity index is 713. The number of nitrogens with two attached hydrogens (primary N) is 2. The van der Waals surface area contributed by atoms with Crippen LogP contribution in [-0.2, 0) is 24.8 Å². The van der Waals surface area contributed by atoms with Gasteiger partial charge < -0.3 is 10.8 Å². The number of primary sulfonamides is 1. The molecule has 1 atom stereocenters. The van der Waals surface area contributed by atoms with Crippen molar-refractivity contribution in [2.75, 3.05) is 6.54 Å². The molecule has 1 rings (SSSR count). The van der Waals surface area contributed by atoms with Gasteiger partial charge in [0.05, 0.1) is 9.79 Å². The van der Waals surface area contributed by atoms with Crippen molar-refractivity contribution in [3.63, 3.8) is 0 Å². The van der Waals surface area contributed by atoms with Crippen LogP contribution in [0.5, 0.6) is 0 Å². The summed E-state index contributed by atoms with van der Waals surface area (Å²) in [6.45, 7) is -0.628. The van der Waals surface area contributed by atoms with E-state index in [-0.39, 0.29) is 9.79 Å². The minimum absolute atomic E-state index is 0.374. The summed E-state index contributed by atoms with van der Waals surface area (Å²) in [7, 11) is -8.16. The maximum Gasteiger partial charge on any atom is 0.247 e. The molecule has 0 aliphatic carbocycles. The number of primary amides is 1. The van der Waals surface area contributed by atoms with Crippen molar-refractivity contribution in [3.8, 4) is 0 Å². The van der Waals surface area contributed by atoms with Crippen molar-refractivity contribution < 1.29 is 26.7 Å². The molecule has 20 heavy (non-hydrogen) atoms. The fourth-order valence-corrected chi connectivity index (χ4v) is 2.91. The van der Waals surface area contributed by atoms with Crippen molar-refractivity contribution in [1.29, 1.82) is 0 Å². The molecule has 0 aliphatic heterocycles. The maximum absolute atomic E-state index is 11.8. The molecule has 1 amide bonds. The summed E-state index contributed by atoms with van der Waals surface area (Å²) in [5, 5.41) is 14.0. The van der Waals surface area contributed by atoms with Gasteiger partial charge in [-0.3, -0.25) is 4.79 Å². The van der Waals surface area contributed by atoms with Gasteiger partial charge in [-0.05, 0) is 18.2 Å². The fraction of sp³-hybridized carbons (Fsp3) is 0.222. The van der Waals surface area contributed by atoms with Gasteiger partial charge in [0.1, 0.15) is 6.10 Å². The van der Waals surface area contributed by atoms with Gasteiger partial charge in [0.15, 0.2) is 0 Å². The Morgan fingerprint density at radius 3 is 2.30 bits per heavy atom. The highest BCUT2D eigenvalue weighted by molar-refractivity contribution is 7.90. The van der Waals surface area contributed by atoms with Crippen LogP contribution in [0.4, 0.5) is 0 Å². The second-order valence-corrected chi connectivity index (χ2v) is 7.12. The molecule has 6 N–H and O–H groups in total. The number of benzene rings is 1. The van der Waals surface area contributed by atoms with Crippen molar-refractivity contribution in [3.05, 3.63) is 24.3 Å². The Kier molecular flexibility index (Phi) is 4.83. The molecule has 9 nitrogen and oxygen atoms in total. The van der Waals surface area contributed by atoms with E-state index in [2.05, 4.69) is 0 Å². The number of aliphatic hydroxyl groups excluding tert-OH is 1. The quantitative estimate of drug-likeness (QED) is 0.449. The Labute approximate surface area is 115 Å². The van der Waals surface area contributed by atoms with Gasteiger partial charge in [0, 0.05) is 6.54 Å². The fourth-order valence-electron chi connectivity index (χ4n) is 1.19. The number of carbonyl (C=O) groups excluding carboxylic acids is 1. The minimum atomic E-state index is -4.11. The zero-order valence-corrected chi connectivity index (χ0v) is 11.7. The molecular formula is C9H13N3O6S2. The number of rotatable bonds is 6. The topological polar surface area (TPSA) is 170 Å². The largest absolute Gasteiger partial charge is 0.382 e. The van der Waals surface area contributed by atoms with Crippen LogP contribution in [0.3, 0.4) is 0 Å². The number of nitrogens with one attached hydrogen (secondary N) is 1. The zero-order valence-electron chi connectivity index (χ0n) is 10.1. The smallest absolute Gasteiger partial charge is 0.247 e. The molecule has 0 bridgehead atoms. The monoisotopic (exact) mass is 323 g/mol. The lowest BCUT2D eigenvalue weighted by Gasteiger charge is -2.10. The standard InChI is InChI=1S/C9H13N3O6S2/c10-9(14)8(13)5-12-20(17,18)7-3-1-2-6(4-7)19(11,15)16/h1-4,8,12-13H,5H2,(H2,10,14)(H2,11,15,16). The first kappa shape index (κ1) is 16.5. The highest BCUT2D eigenvalue weighted by Crippen LogP contribution is 2.14. The molecule has 1 aromatic carbocycles. The third-order valence-electron chi connectivity index (χ3n) is 2.24. The average Bonchev–Trinajstić information content (AvgIpc) is 2.35. The van der Waals surface area contributed by atoms with E-state index in [4.69, 9.17) is 16.0 Å². The van der Waals surface area contributed by atoms with E-state index in [1.165, 1.54) is 6.07 Å². The second kappa shape index (κ2) is 5.85. The summed E-state index contributed by atoms with van der Waals surface area (Å²) in [6.07, 6.45) is -1.69. The number of hydrogen-bond acceptors (Lipinski definition) is 6. The van der Waals surface area contributed by atoms with Crippen LogP contribution in [-0.4, -0.2) is 40.5 Å². The molecule has 112 valence electrons. The van der Waals surface area contributed by atoms with Crippen molar-refractivity contribution in [2.45, 2.75) is 15.9 Å². The predicted octanol–water partition coefficient (Wildman–Crippen LogP) is -2.54. The molecule has 0 fully saturated rings. The van der Waals surface area contributed by atoms with Gasteiger partial charge in [-0.25, -0.2) is 26.7 Å². The molecule has 0 saturated heterocycles. The molecule has 1 aromatic rings. The van der Waals surface area contributed by atoms with Crippen LogP contribution in [0.25, 0.3) is 0 Å². The van der Waals surface area contributed by atoms with Crippen LogP contribution >= 0.6 is 0 Å². The Morgan fingerprint density at radius 1 is 1.25 bits per heavy atom. The number of sulfonamides is 2. The van der Waals surface area contributed by atoms with E-state index in [0.717, 1.165) is 18.2 Å². The van der Waals surface area contributed by atoms with Crippen LogP contribution in [0, 0.1) is 0 Å². The Hall–Kier alpha value is -1.53. The van der Waals surface area contributed by atoms with E-state index in [1.807, 2.05) is 4.72 Å². The van der Waals surface area contributed by atoms with E-state index < -0.39 is 38.6 Å². The molecule has 0 radical (unpaired) electrons. The lowest BCUT2D eigenvalue weighted by molar-refractivity contribution is -0.125. The summed E-state index contributed by atoms with van der Waals surface area (Å²) in [4.78, 5) is 9.83. The highest BCUT2D eigenvalue weighted by Gasteiger charge is 2.20. The molecule has 0 aliphatic rings. The third-order valence-corrected chi connectivity index (χ3v) is 4.57. The van der Waals surface area contributed by atoms with Crippen LogP contribution in [0.15, 0.2) is 34.1 Å². The SMILES string of the molecule is NC(=O)C(O)CNS(=O)(=O)c1cccc(S(N)(=O)=O)c1. The number of aliphatic hydroxyl groups is 1. The van der Waals surface area contributed by atoms with Gasteiger partial charge >= 0.3 is 0 Å². The molecule has 0 heterocycles. The zero-order chi connectivity index (χ0) is 15.6. The van der Waals surface area contributed by atoms with Crippen molar-refractivity contribution in [1.82, 2.24) is 4.72 Å². The van der Waals surface area contributed by atoms with E-state index in [0.29, 0.717) is 0 Å². The predicted molar refractivity (Wildman–Crippen MR) is 68.2 cm³/mol. The lowest BCUT2D eigenvalue weighted by Crippen LogP contribution is -2.39. The van der Waals surface area contributed by atoms with Gasteiger partial charge in [-0.15, -0.1) is 0 Å². The maximum atomic E-state index is 11.8. The summed E-state index contributed by atoms with van der Waals surface area (Å²) < 4.78 is 47.8. The molecular weight excluding hydrogens is 310 g/mol. The van der Waals surface area contributed by atoms with Crippen molar-refractivity contribution >= 4 is 26.0 Å². The van der Waals surface area contributed by atoms with Crippen LogP contribution in [0.1, 0.15) is 0 Å². The van der Waals surface area contributed by atoms with Gasteiger partial charge in [-0.1, -0.05) is 6.07 Å². The first-order chi connectivity index (χ1) is 9.04. The number of carbonyl (C=O) groups is 1. The van der Waals surface area contributed by atoms with Gasteiger partial charge in [0.25, 0.3) is 0 Å². The summed E-state index contributed by atoms with van der Waals surface area (Å²) in [5.74, 6) is -1.09. The summed E-state index contributed by atoms with van der Waals surface area (Å²) in [5.41, 5.74) is 4.77. The molecule has 0 spiro atoms. The van der Waals surface area contributed by atoms with E-state index >= 15 is 0 Å². The van der Waals surface area contributed by atoms with Crippen LogP contribution < -0.4 is 15.6 Å².